The lowest BCUT2D eigenvalue weighted by Gasteiger charge is -2.25. The van der Waals surface area contributed by atoms with Gasteiger partial charge in [0.05, 0.1) is 6.42 Å². The van der Waals surface area contributed by atoms with Gasteiger partial charge in [0.25, 0.3) is 0 Å². The number of carbonyl (C=O) groups excluding carboxylic acids is 2. The van der Waals surface area contributed by atoms with Crippen molar-refractivity contribution in [3.8, 4) is 11.1 Å². The Morgan fingerprint density at radius 3 is 2.10 bits per heavy atom. The third-order valence-corrected chi connectivity index (χ3v) is 4.95. The monoisotopic (exact) mass is 396 g/mol. The van der Waals surface area contributed by atoms with Gasteiger partial charge in [0, 0.05) is 12.5 Å². The molecule has 3 N–H and O–H groups in total. The summed E-state index contributed by atoms with van der Waals surface area (Å²) in [6.45, 7) is 3.20. The molecule has 0 heterocycles. The number of fused-ring (bicyclic) bond motifs is 3. The van der Waals surface area contributed by atoms with Crippen molar-refractivity contribution >= 4 is 18.0 Å². The molecule has 0 aliphatic heterocycles. The van der Waals surface area contributed by atoms with Gasteiger partial charge in [-0.25, -0.2) is 4.79 Å². The van der Waals surface area contributed by atoms with Crippen LogP contribution in [0.2, 0.25) is 0 Å². The molecule has 0 fully saturated rings. The van der Waals surface area contributed by atoms with Crippen molar-refractivity contribution in [2.24, 2.45) is 0 Å². The largest absolute Gasteiger partial charge is 0.481 e. The summed E-state index contributed by atoms with van der Waals surface area (Å²) < 4.78 is 5.44. The number of aliphatic carboxylic acids is 1. The highest BCUT2D eigenvalue weighted by molar-refractivity contribution is 5.89. The van der Waals surface area contributed by atoms with Crippen LogP contribution in [-0.4, -0.2) is 41.8 Å². The van der Waals surface area contributed by atoms with Gasteiger partial charge in [0.1, 0.15) is 12.1 Å². The summed E-state index contributed by atoms with van der Waals surface area (Å²) in [4.78, 5) is 35.1. The topological polar surface area (TPSA) is 105 Å². The predicted molar refractivity (Wildman–Crippen MR) is 108 cm³/mol. The van der Waals surface area contributed by atoms with Crippen LogP contribution in [0.5, 0.6) is 0 Å². The molecule has 0 atom stereocenters. The van der Waals surface area contributed by atoms with Gasteiger partial charge >= 0.3 is 12.1 Å². The van der Waals surface area contributed by atoms with Crippen LogP contribution in [0.4, 0.5) is 4.79 Å². The van der Waals surface area contributed by atoms with Crippen molar-refractivity contribution in [2.75, 3.05) is 13.2 Å². The molecular weight excluding hydrogens is 372 g/mol. The molecule has 152 valence electrons. The fourth-order valence-corrected chi connectivity index (χ4v) is 3.45. The molecule has 0 saturated carbocycles. The molecule has 7 heteroatoms. The Kier molecular flexibility index (Phi) is 5.87. The lowest BCUT2D eigenvalue weighted by Crippen LogP contribution is -2.55. The average molecular weight is 396 g/mol. The van der Waals surface area contributed by atoms with Crippen LogP contribution in [0.3, 0.4) is 0 Å². The number of ether oxygens (including phenoxy) is 1. The highest BCUT2D eigenvalue weighted by atomic mass is 16.5. The molecular formula is C22H24N2O5. The van der Waals surface area contributed by atoms with E-state index in [1.807, 2.05) is 36.4 Å². The van der Waals surface area contributed by atoms with Crippen LogP contribution in [0.1, 0.15) is 37.3 Å². The van der Waals surface area contributed by atoms with Crippen LogP contribution < -0.4 is 10.6 Å². The molecule has 1 aliphatic rings. The van der Waals surface area contributed by atoms with E-state index in [1.54, 1.807) is 0 Å². The van der Waals surface area contributed by atoms with Crippen molar-refractivity contribution < 1.29 is 24.2 Å². The average Bonchev–Trinajstić information content (AvgIpc) is 2.99. The van der Waals surface area contributed by atoms with Crippen molar-refractivity contribution in [3.05, 3.63) is 59.7 Å². The Bertz CT molecular complexity index is 893. The van der Waals surface area contributed by atoms with E-state index in [0.29, 0.717) is 0 Å². The summed E-state index contributed by atoms with van der Waals surface area (Å²) in [6.07, 6.45) is -0.891. The van der Waals surface area contributed by atoms with Gasteiger partial charge in [-0.1, -0.05) is 48.5 Å². The van der Waals surface area contributed by atoms with Crippen LogP contribution in [0.15, 0.2) is 48.5 Å². The van der Waals surface area contributed by atoms with E-state index in [4.69, 9.17) is 9.84 Å². The number of alkyl carbamates (subject to hydrolysis) is 1. The Balaban J connectivity index is 1.61. The van der Waals surface area contributed by atoms with Gasteiger partial charge in [-0.05, 0) is 36.1 Å². The van der Waals surface area contributed by atoms with E-state index in [2.05, 4.69) is 22.8 Å². The normalized spacial score (nSPS) is 12.6. The second kappa shape index (κ2) is 8.34. The first-order chi connectivity index (χ1) is 13.8. The first kappa shape index (κ1) is 20.4. The summed E-state index contributed by atoms with van der Waals surface area (Å²) in [5.41, 5.74) is 3.24. The quantitative estimate of drug-likeness (QED) is 0.667. The van der Waals surface area contributed by atoms with Crippen molar-refractivity contribution in [3.63, 3.8) is 0 Å². The number of hydrogen-bond donors (Lipinski definition) is 3. The highest BCUT2D eigenvalue weighted by Crippen LogP contribution is 2.44. The molecule has 0 aromatic heterocycles. The Morgan fingerprint density at radius 2 is 1.55 bits per heavy atom. The number of hydrogen-bond acceptors (Lipinski definition) is 4. The number of benzene rings is 2. The first-order valence-corrected chi connectivity index (χ1v) is 9.43. The van der Waals surface area contributed by atoms with E-state index in [0.717, 1.165) is 22.3 Å². The molecule has 0 radical (unpaired) electrons. The van der Waals surface area contributed by atoms with E-state index >= 15 is 0 Å². The van der Waals surface area contributed by atoms with Crippen LogP contribution in [-0.2, 0) is 14.3 Å². The fourth-order valence-electron chi connectivity index (χ4n) is 3.45. The summed E-state index contributed by atoms with van der Waals surface area (Å²) in [7, 11) is 0. The number of carboxylic acids is 1. The van der Waals surface area contributed by atoms with E-state index in [1.165, 1.54) is 13.8 Å². The number of carboxylic acid groups (broad SMARTS) is 1. The zero-order valence-corrected chi connectivity index (χ0v) is 16.4. The molecule has 3 rings (SSSR count). The third-order valence-electron chi connectivity index (χ3n) is 4.95. The van der Waals surface area contributed by atoms with Gasteiger partial charge in [-0.2, -0.15) is 0 Å². The van der Waals surface area contributed by atoms with Crippen LogP contribution in [0, 0.1) is 0 Å². The Morgan fingerprint density at radius 1 is 1.00 bits per heavy atom. The number of carbonyl (C=O) groups is 3. The van der Waals surface area contributed by atoms with E-state index < -0.39 is 23.5 Å². The summed E-state index contributed by atoms with van der Waals surface area (Å²) >= 11 is 0. The molecule has 0 spiro atoms. The lowest BCUT2D eigenvalue weighted by atomic mass is 9.98. The zero-order valence-electron chi connectivity index (χ0n) is 16.4. The molecule has 7 nitrogen and oxygen atoms in total. The maximum Gasteiger partial charge on any atom is 0.408 e. The molecule has 0 bridgehead atoms. The van der Waals surface area contributed by atoms with Crippen LogP contribution >= 0.6 is 0 Å². The van der Waals surface area contributed by atoms with Crippen molar-refractivity contribution in [2.45, 2.75) is 31.7 Å². The third kappa shape index (κ3) is 4.56. The molecule has 0 saturated heterocycles. The standard InChI is InChI=1S/C22H24N2O5/c1-22(2,20(27)23-12-11-19(25)26)24-21(28)29-13-18-16-9-5-3-7-14(16)15-8-4-6-10-17(15)18/h3-10,18H,11-13H2,1-2H3,(H,23,27)(H,24,28)(H,25,26). The van der Waals surface area contributed by atoms with Crippen molar-refractivity contribution in [1.29, 1.82) is 0 Å². The summed E-state index contributed by atoms with van der Waals surface area (Å²) in [5, 5.41) is 13.7. The van der Waals surface area contributed by atoms with Gasteiger partial charge < -0.3 is 20.5 Å². The van der Waals surface area contributed by atoms with Gasteiger partial charge in [-0.15, -0.1) is 0 Å². The van der Waals surface area contributed by atoms with Gasteiger partial charge in [0.15, 0.2) is 0 Å². The second-order valence-electron chi connectivity index (χ2n) is 7.48. The smallest absolute Gasteiger partial charge is 0.408 e. The second-order valence-corrected chi connectivity index (χ2v) is 7.48. The molecule has 1 aliphatic carbocycles. The lowest BCUT2D eigenvalue weighted by molar-refractivity contribution is -0.137. The van der Waals surface area contributed by atoms with Gasteiger partial charge in [-0.3, -0.25) is 9.59 Å². The van der Waals surface area contributed by atoms with E-state index in [9.17, 15) is 14.4 Å². The molecule has 0 unspecified atom stereocenters. The maximum atomic E-state index is 12.3. The number of nitrogens with one attached hydrogen (secondary N) is 2. The SMILES string of the molecule is CC(C)(NC(=O)OCC1c2ccccc2-c2ccccc21)C(=O)NCCC(=O)O. The zero-order chi connectivity index (χ0) is 21.0. The molecule has 2 aromatic carbocycles. The highest BCUT2D eigenvalue weighted by Gasteiger charge is 2.32. The van der Waals surface area contributed by atoms with Crippen molar-refractivity contribution in [1.82, 2.24) is 10.6 Å². The number of amides is 2. The molecule has 2 aromatic rings. The minimum atomic E-state index is -1.24. The molecule has 29 heavy (non-hydrogen) atoms. The number of rotatable bonds is 7. The van der Waals surface area contributed by atoms with E-state index in [-0.39, 0.29) is 25.5 Å². The summed E-state index contributed by atoms with van der Waals surface area (Å²) in [5.74, 6) is -1.56. The minimum Gasteiger partial charge on any atom is -0.481 e. The Hall–Kier alpha value is -3.35. The fraction of sp³-hybridized carbons (Fsp3) is 0.318. The van der Waals surface area contributed by atoms with Crippen LogP contribution in [0.25, 0.3) is 11.1 Å². The Labute approximate surface area is 169 Å². The minimum absolute atomic E-state index is 0.00995. The predicted octanol–water partition coefficient (Wildman–Crippen LogP) is 2.89. The maximum absolute atomic E-state index is 12.3. The van der Waals surface area contributed by atoms with Gasteiger partial charge in [0.2, 0.25) is 5.91 Å². The molecule has 2 amide bonds. The summed E-state index contributed by atoms with van der Waals surface area (Å²) in [6, 6.07) is 16.1. The first-order valence-electron chi connectivity index (χ1n) is 9.43.